The van der Waals surface area contributed by atoms with E-state index in [9.17, 15) is 18.4 Å². The molecule has 0 bridgehead atoms. The molecule has 4 N–H and O–H groups in total. The topological polar surface area (TPSA) is 84.2 Å². The number of hydrogen-bond acceptors (Lipinski definition) is 3. The number of benzene rings is 1. The highest BCUT2D eigenvalue weighted by atomic mass is 19.2. The van der Waals surface area contributed by atoms with Gasteiger partial charge < -0.3 is 16.4 Å². The van der Waals surface area contributed by atoms with E-state index in [2.05, 4.69) is 10.6 Å². The number of hydrogen-bond donors (Lipinski definition) is 3. The van der Waals surface area contributed by atoms with Crippen LogP contribution in [0.5, 0.6) is 0 Å². The molecule has 0 aliphatic carbocycles. The van der Waals surface area contributed by atoms with Gasteiger partial charge in [0.2, 0.25) is 5.91 Å². The molecule has 7 heteroatoms. The maximum Gasteiger partial charge on any atom is 0.253 e. The summed E-state index contributed by atoms with van der Waals surface area (Å²) >= 11 is 0. The molecule has 110 valence electrons. The van der Waals surface area contributed by atoms with E-state index in [0.29, 0.717) is 6.54 Å². The van der Waals surface area contributed by atoms with Crippen molar-refractivity contribution in [1.29, 1.82) is 0 Å². The fraction of sp³-hybridized carbons (Fsp3) is 0.385. The van der Waals surface area contributed by atoms with Gasteiger partial charge >= 0.3 is 0 Å². The summed E-state index contributed by atoms with van der Waals surface area (Å²) < 4.78 is 25.9. The average molecular weight is 285 g/mol. The van der Waals surface area contributed by atoms with Crippen molar-refractivity contribution in [2.24, 2.45) is 0 Å². The molecule has 1 rings (SSSR count). The number of rotatable bonds is 6. The average Bonchev–Trinajstić information content (AvgIpc) is 2.40. The minimum atomic E-state index is -1.15. The van der Waals surface area contributed by atoms with Crippen molar-refractivity contribution in [2.45, 2.75) is 19.8 Å². The third-order valence-electron chi connectivity index (χ3n) is 2.55. The van der Waals surface area contributed by atoms with Gasteiger partial charge in [0, 0.05) is 31.3 Å². The van der Waals surface area contributed by atoms with Gasteiger partial charge in [-0.3, -0.25) is 9.59 Å². The monoisotopic (exact) mass is 285 g/mol. The van der Waals surface area contributed by atoms with Crippen molar-refractivity contribution in [1.82, 2.24) is 10.6 Å². The van der Waals surface area contributed by atoms with E-state index in [4.69, 9.17) is 5.73 Å². The molecule has 0 spiro atoms. The summed E-state index contributed by atoms with van der Waals surface area (Å²) in [5.41, 5.74) is 5.13. The zero-order chi connectivity index (χ0) is 15.1. The Morgan fingerprint density at radius 3 is 2.45 bits per heavy atom. The number of amides is 2. The summed E-state index contributed by atoms with van der Waals surface area (Å²) in [4.78, 5) is 23.0. The highest BCUT2D eigenvalue weighted by Gasteiger charge is 2.14. The van der Waals surface area contributed by atoms with Gasteiger partial charge in [-0.1, -0.05) is 6.92 Å². The molecule has 0 heterocycles. The first-order valence-electron chi connectivity index (χ1n) is 6.25. The van der Waals surface area contributed by atoms with Crippen LogP contribution in [-0.2, 0) is 4.79 Å². The molecule has 0 atom stereocenters. The summed E-state index contributed by atoms with van der Waals surface area (Å²) in [6.07, 6.45) is 0.929. The second kappa shape index (κ2) is 7.42. The van der Waals surface area contributed by atoms with Crippen molar-refractivity contribution in [3.8, 4) is 0 Å². The van der Waals surface area contributed by atoms with Gasteiger partial charge in [0.25, 0.3) is 5.91 Å². The number of carbonyl (C=O) groups excluding carboxylic acids is 2. The molecule has 0 radical (unpaired) electrons. The van der Waals surface area contributed by atoms with Gasteiger partial charge in [0.05, 0.1) is 5.56 Å². The molecule has 0 aromatic heterocycles. The Morgan fingerprint density at radius 2 is 1.80 bits per heavy atom. The maximum atomic E-state index is 13.0. The van der Waals surface area contributed by atoms with Gasteiger partial charge in [-0.25, -0.2) is 8.78 Å². The fourth-order valence-corrected chi connectivity index (χ4v) is 1.50. The number of halogens is 2. The number of nitrogens with two attached hydrogens (primary N) is 1. The molecule has 0 fully saturated rings. The maximum absolute atomic E-state index is 13.0. The summed E-state index contributed by atoms with van der Waals surface area (Å²) in [5, 5.41) is 5.07. The van der Waals surface area contributed by atoms with Crippen molar-refractivity contribution >= 4 is 17.5 Å². The van der Waals surface area contributed by atoms with E-state index in [1.807, 2.05) is 6.92 Å². The zero-order valence-electron chi connectivity index (χ0n) is 11.1. The van der Waals surface area contributed by atoms with Crippen LogP contribution in [0, 0.1) is 11.6 Å². The minimum absolute atomic E-state index is 0.0901. The third kappa shape index (κ3) is 4.49. The minimum Gasteiger partial charge on any atom is -0.398 e. The lowest BCUT2D eigenvalue weighted by Crippen LogP contribution is -2.31. The molecule has 0 aliphatic rings. The molecule has 0 unspecified atom stereocenters. The first-order chi connectivity index (χ1) is 9.45. The van der Waals surface area contributed by atoms with Crippen LogP contribution >= 0.6 is 0 Å². The number of carbonyl (C=O) groups is 2. The van der Waals surface area contributed by atoms with E-state index < -0.39 is 17.5 Å². The van der Waals surface area contributed by atoms with Crippen LogP contribution in [0.25, 0.3) is 0 Å². The van der Waals surface area contributed by atoms with Gasteiger partial charge in [0.1, 0.15) is 0 Å². The van der Waals surface area contributed by atoms with Crippen molar-refractivity contribution in [3.05, 3.63) is 29.3 Å². The Hall–Kier alpha value is -2.18. The van der Waals surface area contributed by atoms with E-state index in [-0.39, 0.29) is 30.1 Å². The van der Waals surface area contributed by atoms with E-state index in [1.165, 1.54) is 0 Å². The number of anilines is 1. The Balaban J connectivity index is 2.51. The molecular weight excluding hydrogens is 268 g/mol. The van der Waals surface area contributed by atoms with Crippen LogP contribution in [0.2, 0.25) is 0 Å². The van der Waals surface area contributed by atoms with Crippen LogP contribution in [0.1, 0.15) is 30.1 Å². The van der Waals surface area contributed by atoms with Gasteiger partial charge in [-0.05, 0) is 12.5 Å². The third-order valence-corrected chi connectivity index (χ3v) is 2.55. The predicted octanol–water partition coefficient (Wildman–Crippen LogP) is 1.19. The molecule has 0 aliphatic heterocycles. The lowest BCUT2D eigenvalue weighted by atomic mass is 10.1. The van der Waals surface area contributed by atoms with Gasteiger partial charge in [-0.15, -0.1) is 0 Å². The first-order valence-corrected chi connectivity index (χ1v) is 6.25. The summed E-state index contributed by atoms with van der Waals surface area (Å²) in [7, 11) is 0. The lowest BCUT2D eigenvalue weighted by Gasteiger charge is -2.08. The smallest absolute Gasteiger partial charge is 0.253 e. The van der Waals surface area contributed by atoms with Gasteiger partial charge in [0.15, 0.2) is 11.6 Å². The fourth-order valence-electron chi connectivity index (χ4n) is 1.50. The first kappa shape index (κ1) is 15.9. The summed E-state index contributed by atoms with van der Waals surface area (Å²) in [6, 6.07) is 1.48. The highest BCUT2D eigenvalue weighted by Crippen LogP contribution is 2.16. The molecule has 0 saturated heterocycles. The Labute approximate surface area is 115 Å². The molecule has 20 heavy (non-hydrogen) atoms. The van der Waals surface area contributed by atoms with Crippen LogP contribution in [0.15, 0.2) is 12.1 Å². The van der Waals surface area contributed by atoms with Gasteiger partial charge in [-0.2, -0.15) is 0 Å². The van der Waals surface area contributed by atoms with E-state index in [0.717, 1.165) is 18.6 Å². The lowest BCUT2D eigenvalue weighted by molar-refractivity contribution is -0.120. The number of nitrogen functional groups attached to an aromatic ring is 1. The predicted molar refractivity (Wildman–Crippen MR) is 71.0 cm³/mol. The highest BCUT2D eigenvalue weighted by molar-refractivity contribution is 5.99. The zero-order valence-corrected chi connectivity index (χ0v) is 11.1. The summed E-state index contributed by atoms with van der Waals surface area (Å²) in [6.45, 7) is 2.59. The quantitative estimate of drug-likeness (QED) is 0.686. The molecule has 2 amide bonds. The number of nitrogens with one attached hydrogen (secondary N) is 2. The second-order valence-corrected chi connectivity index (χ2v) is 4.21. The Kier molecular flexibility index (Phi) is 5.89. The molecular formula is C13H17F2N3O2. The molecule has 1 aromatic rings. The van der Waals surface area contributed by atoms with E-state index in [1.54, 1.807) is 0 Å². The van der Waals surface area contributed by atoms with Crippen molar-refractivity contribution in [3.63, 3.8) is 0 Å². The summed E-state index contributed by atoms with van der Waals surface area (Å²) in [5.74, 6) is -3.10. The Morgan fingerprint density at radius 1 is 1.15 bits per heavy atom. The van der Waals surface area contributed by atoms with Crippen LogP contribution in [0.4, 0.5) is 14.5 Å². The van der Waals surface area contributed by atoms with Crippen molar-refractivity contribution < 1.29 is 18.4 Å². The SMILES string of the molecule is CCCNC(=O)CCNC(=O)c1cc(F)c(F)cc1N. The second-order valence-electron chi connectivity index (χ2n) is 4.21. The van der Waals surface area contributed by atoms with Crippen molar-refractivity contribution in [2.75, 3.05) is 18.8 Å². The van der Waals surface area contributed by atoms with Crippen LogP contribution in [0.3, 0.4) is 0 Å². The van der Waals surface area contributed by atoms with Crippen LogP contribution < -0.4 is 16.4 Å². The molecule has 1 aromatic carbocycles. The Bertz CT molecular complexity index is 507. The largest absolute Gasteiger partial charge is 0.398 e. The standard InChI is InChI=1S/C13H17F2N3O2/c1-2-4-17-12(19)3-5-18-13(20)8-6-9(14)10(15)7-11(8)16/h6-7H,2-5,16H2,1H3,(H,17,19)(H,18,20). The normalized spacial score (nSPS) is 10.2. The molecule has 0 saturated carbocycles. The van der Waals surface area contributed by atoms with E-state index >= 15 is 0 Å². The molecule has 5 nitrogen and oxygen atoms in total. The van der Waals surface area contributed by atoms with Crippen LogP contribution in [-0.4, -0.2) is 24.9 Å².